The van der Waals surface area contributed by atoms with Crippen LogP contribution < -0.4 is 15.5 Å². The standard InChI is InChI=1S/C33H40N8O3/c1-22(2)41-14-13-28-30(39-17-19-44-20-18-39)36-29(37-31(28)41)24-5-9-26(10-6-24)34-33(43)35-27-11-7-25(8-12-27)32(42)40-16-15-38(4)23(3)21-40/h5-14,22-23H,15-21H2,1-4H3,(H2,34,35,43)/t23-/m1/s1. The molecule has 2 aliphatic rings. The van der Waals surface area contributed by atoms with Crippen LogP contribution in [-0.4, -0.2) is 95.3 Å². The zero-order valence-corrected chi connectivity index (χ0v) is 25.8. The molecule has 44 heavy (non-hydrogen) atoms. The summed E-state index contributed by atoms with van der Waals surface area (Å²) < 4.78 is 7.74. The number of hydrogen-bond donors (Lipinski definition) is 2. The molecule has 2 fully saturated rings. The minimum Gasteiger partial charge on any atom is -0.378 e. The first kappa shape index (κ1) is 29.6. The van der Waals surface area contributed by atoms with Gasteiger partial charge in [-0.3, -0.25) is 4.79 Å². The summed E-state index contributed by atoms with van der Waals surface area (Å²) in [7, 11) is 2.08. The summed E-state index contributed by atoms with van der Waals surface area (Å²) >= 11 is 0. The number of rotatable bonds is 6. The number of anilines is 3. The van der Waals surface area contributed by atoms with E-state index in [0.717, 1.165) is 42.0 Å². The lowest BCUT2D eigenvalue weighted by molar-refractivity contribution is 0.0572. The van der Waals surface area contributed by atoms with Crippen molar-refractivity contribution < 1.29 is 14.3 Å². The molecule has 2 aliphatic heterocycles. The average Bonchev–Trinajstić information content (AvgIpc) is 3.47. The highest BCUT2D eigenvalue weighted by molar-refractivity contribution is 6.00. The van der Waals surface area contributed by atoms with Crippen LogP contribution in [0.3, 0.4) is 0 Å². The molecule has 2 aromatic heterocycles. The van der Waals surface area contributed by atoms with Crippen LogP contribution in [-0.2, 0) is 4.74 Å². The normalized spacial score (nSPS) is 17.7. The van der Waals surface area contributed by atoms with Crippen molar-refractivity contribution in [2.24, 2.45) is 0 Å². The van der Waals surface area contributed by atoms with Crippen molar-refractivity contribution in [3.05, 3.63) is 66.4 Å². The maximum Gasteiger partial charge on any atom is 0.323 e. The second-order valence-electron chi connectivity index (χ2n) is 11.8. The van der Waals surface area contributed by atoms with Gasteiger partial charge in [0.2, 0.25) is 0 Å². The van der Waals surface area contributed by atoms with Crippen LogP contribution in [0.4, 0.5) is 22.0 Å². The summed E-state index contributed by atoms with van der Waals surface area (Å²) in [6.45, 7) is 11.6. The first-order chi connectivity index (χ1) is 21.3. The molecule has 2 saturated heterocycles. The maximum atomic E-state index is 12.9. The maximum absolute atomic E-state index is 12.9. The predicted octanol–water partition coefficient (Wildman–Crippen LogP) is 4.94. The van der Waals surface area contributed by atoms with Crippen LogP contribution in [0.5, 0.6) is 0 Å². The van der Waals surface area contributed by atoms with Gasteiger partial charge in [0.15, 0.2) is 5.82 Å². The summed E-state index contributed by atoms with van der Waals surface area (Å²) in [5, 5.41) is 6.76. The number of likely N-dealkylation sites (N-methyl/N-ethyl adjacent to an activating group) is 1. The van der Waals surface area contributed by atoms with Crippen molar-refractivity contribution in [2.45, 2.75) is 32.9 Å². The zero-order chi connectivity index (χ0) is 30.8. The van der Waals surface area contributed by atoms with Crippen LogP contribution in [0.25, 0.3) is 22.4 Å². The fraction of sp³-hybridized carbons (Fsp3) is 0.394. The third-order valence-corrected chi connectivity index (χ3v) is 8.46. The predicted molar refractivity (Wildman–Crippen MR) is 173 cm³/mol. The van der Waals surface area contributed by atoms with Gasteiger partial charge in [-0.25, -0.2) is 14.8 Å². The van der Waals surface area contributed by atoms with Crippen molar-refractivity contribution in [3.63, 3.8) is 0 Å². The van der Waals surface area contributed by atoms with E-state index < -0.39 is 0 Å². The zero-order valence-electron chi connectivity index (χ0n) is 25.8. The van der Waals surface area contributed by atoms with E-state index in [-0.39, 0.29) is 18.0 Å². The van der Waals surface area contributed by atoms with Gasteiger partial charge in [-0.1, -0.05) is 0 Å². The van der Waals surface area contributed by atoms with Crippen LogP contribution in [0, 0.1) is 0 Å². The molecule has 6 rings (SSSR count). The Kier molecular flexibility index (Phi) is 8.49. The van der Waals surface area contributed by atoms with E-state index in [9.17, 15) is 9.59 Å². The number of hydrogen-bond acceptors (Lipinski definition) is 7. The van der Waals surface area contributed by atoms with Gasteiger partial charge in [-0.2, -0.15) is 0 Å². The third-order valence-electron chi connectivity index (χ3n) is 8.46. The number of piperazine rings is 1. The minimum absolute atomic E-state index is 0.0126. The molecule has 0 spiro atoms. The Labute approximate surface area is 257 Å². The number of ether oxygens (including phenoxy) is 1. The number of urea groups is 1. The Morgan fingerprint density at radius 1 is 0.886 bits per heavy atom. The largest absolute Gasteiger partial charge is 0.378 e. The molecule has 11 nitrogen and oxygen atoms in total. The molecule has 0 unspecified atom stereocenters. The number of aromatic nitrogens is 3. The Morgan fingerprint density at radius 3 is 2.18 bits per heavy atom. The molecule has 3 amide bonds. The first-order valence-electron chi connectivity index (χ1n) is 15.3. The van der Waals surface area contributed by atoms with Crippen molar-refractivity contribution in [3.8, 4) is 11.4 Å². The summed E-state index contributed by atoms with van der Waals surface area (Å²) in [6.07, 6.45) is 2.07. The molecule has 4 aromatic rings. The van der Waals surface area contributed by atoms with E-state index in [0.29, 0.717) is 55.1 Å². The van der Waals surface area contributed by atoms with Crippen LogP contribution in [0.1, 0.15) is 37.2 Å². The fourth-order valence-electron chi connectivity index (χ4n) is 5.69. The molecular weight excluding hydrogens is 556 g/mol. The highest BCUT2D eigenvalue weighted by atomic mass is 16.5. The Morgan fingerprint density at radius 2 is 1.55 bits per heavy atom. The lowest BCUT2D eigenvalue weighted by Gasteiger charge is -2.37. The number of nitrogens with zero attached hydrogens (tertiary/aromatic N) is 6. The molecule has 11 heteroatoms. The molecule has 2 aromatic carbocycles. The minimum atomic E-state index is -0.369. The van der Waals surface area contributed by atoms with Crippen molar-refractivity contribution in [1.29, 1.82) is 0 Å². The van der Waals surface area contributed by atoms with Crippen LogP contribution in [0.15, 0.2) is 60.8 Å². The molecule has 0 aliphatic carbocycles. The van der Waals surface area contributed by atoms with Gasteiger partial charge in [-0.05, 0) is 82.4 Å². The number of benzene rings is 2. The molecule has 0 saturated carbocycles. The SMILES string of the molecule is CC(C)n1ccc2c(N3CCOCC3)nc(-c3ccc(NC(=O)Nc4ccc(C(=O)N5CCN(C)[C@H](C)C5)cc4)cc3)nc21. The number of amides is 3. The summed E-state index contributed by atoms with van der Waals surface area (Å²) in [6, 6.07) is 16.9. The lowest BCUT2D eigenvalue weighted by Crippen LogP contribution is -2.52. The van der Waals surface area contributed by atoms with Crippen LogP contribution in [0.2, 0.25) is 0 Å². The lowest BCUT2D eigenvalue weighted by atomic mass is 10.1. The van der Waals surface area contributed by atoms with Gasteiger partial charge in [0.1, 0.15) is 11.5 Å². The molecule has 1 atom stereocenters. The topological polar surface area (TPSA) is 108 Å². The van der Waals surface area contributed by atoms with Crippen molar-refractivity contribution >= 4 is 40.2 Å². The third kappa shape index (κ3) is 6.24. The van der Waals surface area contributed by atoms with Gasteiger partial charge in [0.25, 0.3) is 5.91 Å². The number of fused-ring (bicyclic) bond motifs is 1. The van der Waals surface area contributed by atoms with Gasteiger partial charge in [0.05, 0.1) is 18.6 Å². The number of morpholine rings is 1. The second kappa shape index (κ2) is 12.6. The molecule has 4 heterocycles. The summed E-state index contributed by atoms with van der Waals surface area (Å²) in [5.41, 5.74) is 3.62. The van der Waals surface area contributed by atoms with E-state index in [1.54, 1.807) is 24.3 Å². The van der Waals surface area contributed by atoms with E-state index in [1.165, 1.54) is 0 Å². The Hall–Kier alpha value is -4.48. The Bertz CT molecular complexity index is 1630. The average molecular weight is 597 g/mol. The monoisotopic (exact) mass is 596 g/mol. The molecule has 230 valence electrons. The van der Waals surface area contributed by atoms with Crippen LogP contribution >= 0.6 is 0 Å². The van der Waals surface area contributed by atoms with E-state index >= 15 is 0 Å². The second-order valence-corrected chi connectivity index (χ2v) is 11.8. The quantitative estimate of drug-likeness (QED) is 0.325. The van der Waals surface area contributed by atoms with E-state index in [4.69, 9.17) is 14.7 Å². The molecular formula is C33H40N8O3. The number of carbonyl (C=O) groups is 2. The number of nitrogens with one attached hydrogen (secondary N) is 2. The molecule has 2 N–H and O–H groups in total. The summed E-state index contributed by atoms with van der Waals surface area (Å²) in [4.78, 5) is 42.0. The van der Waals surface area contributed by atoms with Gasteiger partial charge in [-0.15, -0.1) is 0 Å². The van der Waals surface area contributed by atoms with Gasteiger partial charge >= 0.3 is 6.03 Å². The van der Waals surface area contributed by atoms with Crippen molar-refractivity contribution in [1.82, 2.24) is 24.3 Å². The number of carbonyl (C=O) groups excluding carboxylic acids is 2. The van der Waals surface area contributed by atoms with Crippen molar-refractivity contribution in [2.75, 3.05) is 68.5 Å². The first-order valence-corrected chi connectivity index (χ1v) is 15.3. The van der Waals surface area contributed by atoms with Gasteiger partial charge < -0.3 is 34.6 Å². The fourth-order valence-corrected chi connectivity index (χ4v) is 5.69. The molecule has 0 radical (unpaired) electrons. The Balaban J connectivity index is 1.12. The van der Waals surface area contributed by atoms with E-state index in [1.807, 2.05) is 29.2 Å². The van der Waals surface area contributed by atoms with Gasteiger partial charge in [0, 0.05) is 73.5 Å². The molecule has 0 bridgehead atoms. The summed E-state index contributed by atoms with van der Waals surface area (Å²) in [5.74, 6) is 1.56. The highest BCUT2D eigenvalue weighted by Crippen LogP contribution is 2.31. The van der Waals surface area contributed by atoms with E-state index in [2.05, 4.69) is 65.1 Å². The highest BCUT2D eigenvalue weighted by Gasteiger charge is 2.25. The smallest absolute Gasteiger partial charge is 0.323 e.